The lowest BCUT2D eigenvalue weighted by Crippen LogP contribution is -2.43. The average molecular weight is 227 g/mol. The highest BCUT2D eigenvalue weighted by atomic mass is 16.5. The summed E-state index contributed by atoms with van der Waals surface area (Å²) in [4.78, 5) is 24.1. The second kappa shape index (κ2) is 4.82. The van der Waals surface area contributed by atoms with Crippen molar-refractivity contribution < 1.29 is 19.4 Å². The van der Waals surface area contributed by atoms with E-state index in [2.05, 4.69) is 0 Å². The van der Waals surface area contributed by atoms with E-state index in [-0.39, 0.29) is 12.5 Å². The van der Waals surface area contributed by atoms with E-state index in [0.717, 1.165) is 25.7 Å². The summed E-state index contributed by atoms with van der Waals surface area (Å²) in [6, 6.07) is 0. The van der Waals surface area contributed by atoms with Crippen LogP contribution in [0.15, 0.2) is 0 Å². The Bertz CT molecular complexity index is 282. The van der Waals surface area contributed by atoms with Crippen molar-refractivity contribution >= 4 is 11.9 Å². The maximum Gasteiger partial charge on any atom is 0.323 e. The molecule has 1 amide bonds. The molecule has 1 saturated heterocycles. The smallest absolute Gasteiger partial charge is 0.323 e. The molecule has 0 aromatic carbocycles. The highest BCUT2D eigenvalue weighted by Gasteiger charge is 2.33. The number of aliphatic carboxylic acids is 1. The Labute approximate surface area is 94.4 Å². The van der Waals surface area contributed by atoms with Gasteiger partial charge in [0.1, 0.15) is 12.6 Å². The van der Waals surface area contributed by atoms with E-state index in [1.165, 1.54) is 4.90 Å². The van der Waals surface area contributed by atoms with Crippen LogP contribution in [0.1, 0.15) is 25.7 Å². The van der Waals surface area contributed by atoms with Crippen LogP contribution in [-0.4, -0.2) is 47.7 Å². The molecule has 0 spiro atoms. The molecule has 5 nitrogen and oxygen atoms in total. The zero-order chi connectivity index (χ0) is 11.5. The van der Waals surface area contributed by atoms with Gasteiger partial charge in [-0.2, -0.15) is 0 Å². The van der Waals surface area contributed by atoms with Gasteiger partial charge in [-0.3, -0.25) is 9.59 Å². The molecule has 0 aromatic rings. The minimum atomic E-state index is -0.952. The first-order chi connectivity index (χ1) is 7.66. The third-order valence-electron chi connectivity index (χ3n) is 3.02. The van der Waals surface area contributed by atoms with Crippen molar-refractivity contribution in [3.8, 4) is 0 Å². The van der Waals surface area contributed by atoms with Crippen LogP contribution in [0, 0.1) is 5.92 Å². The van der Waals surface area contributed by atoms with Crippen molar-refractivity contribution in [1.82, 2.24) is 4.90 Å². The molecule has 1 aliphatic heterocycles. The summed E-state index contributed by atoms with van der Waals surface area (Å²) < 4.78 is 5.30. The van der Waals surface area contributed by atoms with Gasteiger partial charge in [-0.15, -0.1) is 0 Å². The molecule has 1 aliphatic carbocycles. The number of hydrogen-bond donors (Lipinski definition) is 1. The minimum Gasteiger partial charge on any atom is -0.480 e. The molecular formula is C11H17NO4. The van der Waals surface area contributed by atoms with E-state index in [4.69, 9.17) is 9.84 Å². The Morgan fingerprint density at radius 1 is 1.31 bits per heavy atom. The zero-order valence-corrected chi connectivity index (χ0v) is 9.22. The lowest BCUT2D eigenvalue weighted by atomic mass is 10.2. The Morgan fingerprint density at radius 2 is 2.06 bits per heavy atom. The van der Waals surface area contributed by atoms with Crippen LogP contribution >= 0.6 is 0 Å². The van der Waals surface area contributed by atoms with Gasteiger partial charge in [0.2, 0.25) is 0 Å². The molecule has 2 fully saturated rings. The molecule has 1 saturated carbocycles. The van der Waals surface area contributed by atoms with Gasteiger partial charge in [0.25, 0.3) is 5.91 Å². The number of carbonyl (C=O) groups is 2. The van der Waals surface area contributed by atoms with Gasteiger partial charge in [0, 0.05) is 13.2 Å². The predicted octanol–water partition coefficient (Wildman–Crippen LogP) is 0.489. The summed E-state index contributed by atoms with van der Waals surface area (Å²) in [5.74, 6) is -0.594. The maximum atomic E-state index is 12.0. The van der Waals surface area contributed by atoms with Gasteiger partial charge in [-0.25, -0.2) is 0 Å². The third kappa shape index (κ3) is 2.95. The molecule has 1 atom stereocenters. The van der Waals surface area contributed by atoms with Crippen molar-refractivity contribution in [2.24, 2.45) is 5.92 Å². The fourth-order valence-electron chi connectivity index (χ4n) is 1.98. The molecule has 2 aliphatic rings. The first kappa shape index (κ1) is 11.4. The molecule has 90 valence electrons. The van der Waals surface area contributed by atoms with Crippen LogP contribution < -0.4 is 0 Å². The summed E-state index contributed by atoms with van der Waals surface area (Å²) in [6.45, 7) is 0.987. The molecule has 5 heteroatoms. The van der Waals surface area contributed by atoms with E-state index in [0.29, 0.717) is 19.1 Å². The summed E-state index contributed by atoms with van der Waals surface area (Å²) in [5.41, 5.74) is 0. The molecule has 2 rings (SSSR count). The second-order valence-corrected chi connectivity index (χ2v) is 4.56. The van der Waals surface area contributed by atoms with Crippen molar-refractivity contribution in [1.29, 1.82) is 0 Å². The van der Waals surface area contributed by atoms with E-state index < -0.39 is 12.1 Å². The van der Waals surface area contributed by atoms with Gasteiger partial charge in [0.05, 0.1) is 0 Å². The molecule has 0 aromatic heterocycles. The van der Waals surface area contributed by atoms with Crippen molar-refractivity contribution in [2.75, 3.05) is 19.7 Å². The molecule has 1 heterocycles. The highest BCUT2D eigenvalue weighted by molar-refractivity contribution is 5.84. The van der Waals surface area contributed by atoms with Gasteiger partial charge in [-0.1, -0.05) is 0 Å². The fraction of sp³-hybridized carbons (Fsp3) is 0.818. The first-order valence-corrected chi connectivity index (χ1v) is 5.79. The molecule has 16 heavy (non-hydrogen) atoms. The first-order valence-electron chi connectivity index (χ1n) is 5.79. The van der Waals surface area contributed by atoms with Gasteiger partial charge < -0.3 is 14.7 Å². The number of nitrogens with zero attached hydrogens (tertiary/aromatic N) is 1. The molecule has 1 N–H and O–H groups in total. The SMILES string of the molecule is O=C(O)CN(CC1CC1)C(=O)[C@@H]1CCCO1. The predicted molar refractivity (Wildman–Crippen MR) is 55.9 cm³/mol. The zero-order valence-electron chi connectivity index (χ0n) is 9.22. The Balaban J connectivity index is 1.92. The fourth-order valence-corrected chi connectivity index (χ4v) is 1.98. The number of rotatable bonds is 5. The Hall–Kier alpha value is -1.10. The van der Waals surface area contributed by atoms with E-state index in [1.54, 1.807) is 0 Å². The Kier molecular flexibility index (Phi) is 3.43. The summed E-state index contributed by atoms with van der Waals surface area (Å²) >= 11 is 0. The number of carbonyl (C=O) groups excluding carboxylic acids is 1. The minimum absolute atomic E-state index is 0.146. The van der Waals surface area contributed by atoms with Gasteiger partial charge in [0.15, 0.2) is 0 Å². The van der Waals surface area contributed by atoms with E-state index in [1.807, 2.05) is 0 Å². The Morgan fingerprint density at radius 3 is 2.56 bits per heavy atom. The highest BCUT2D eigenvalue weighted by Crippen LogP contribution is 2.30. The van der Waals surface area contributed by atoms with Crippen molar-refractivity contribution in [3.63, 3.8) is 0 Å². The number of ether oxygens (including phenoxy) is 1. The summed E-state index contributed by atoms with van der Waals surface area (Å²) in [6.07, 6.45) is 3.42. The largest absolute Gasteiger partial charge is 0.480 e. The van der Waals surface area contributed by atoms with Crippen LogP contribution in [0.3, 0.4) is 0 Å². The molecular weight excluding hydrogens is 210 g/mol. The topological polar surface area (TPSA) is 66.8 Å². The summed E-state index contributed by atoms with van der Waals surface area (Å²) in [7, 11) is 0. The molecule has 0 unspecified atom stereocenters. The second-order valence-electron chi connectivity index (χ2n) is 4.56. The lowest BCUT2D eigenvalue weighted by Gasteiger charge is -2.23. The van der Waals surface area contributed by atoms with Crippen LogP contribution in [0.25, 0.3) is 0 Å². The monoisotopic (exact) mass is 227 g/mol. The summed E-state index contributed by atoms with van der Waals surface area (Å²) in [5, 5.41) is 8.77. The van der Waals surface area contributed by atoms with Crippen LogP contribution in [0.2, 0.25) is 0 Å². The third-order valence-corrected chi connectivity index (χ3v) is 3.02. The van der Waals surface area contributed by atoms with E-state index in [9.17, 15) is 9.59 Å². The van der Waals surface area contributed by atoms with Crippen molar-refractivity contribution in [2.45, 2.75) is 31.8 Å². The number of carboxylic acid groups (broad SMARTS) is 1. The molecule has 0 radical (unpaired) electrons. The van der Waals surface area contributed by atoms with Crippen LogP contribution in [-0.2, 0) is 14.3 Å². The quantitative estimate of drug-likeness (QED) is 0.742. The van der Waals surface area contributed by atoms with Crippen molar-refractivity contribution in [3.05, 3.63) is 0 Å². The normalized spacial score (nSPS) is 24.4. The number of hydrogen-bond acceptors (Lipinski definition) is 3. The van der Waals surface area contributed by atoms with Gasteiger partial charge in [-0.05, 0) is 31.6 Å². The van der Waals surface area contributed by atoms with Crippen LogP contribution in [0.4, 0.5) is 0 Å². The number of amides is 1. The lowest BCUT2D eigenvalue weighted by molar-refractivity contribution is -0.149. The molecule has 0 bridgehead atoms. The van der Waals surface area contributed by atoms with Crippen LogP contribution in [0.5, 0.6) is 0 Å². The van der Waals surface area contributed by atoms with E-state index >= 15 is 0 Å². The average Bonchev–Trinajstić information content (AvgIpc) is 2.88. The standard InChI is InChI=1S/C11H17NO4/c13-10(14)7-12(6-8-3-4-8)11(15)9-2-1-5-16-9/h8-9H,1-7H2,(H,13,14)/t9-/m0/s1. The number of carboxylic acids is 1. The maximum absolute atomic E-state index is 12.0. The van der Waals surface area contributed by atoms with Gasteiger partial charge >= 0.3 is 5.97 Å².